The lowest BCUT2D eigenvalue weighted by atomic mass is 9.77. The molecule has 34 heavy (non-hydrogen) atoms. The fourth-order valence-corrected chi connectivity index (χ4v) is 10.8. The molecule has 3 aliphatic carbocycles. The summed E-state index contributed by atoms with van der Waals surface area (Å²) in [5.74, 6) is 12.0. The fraction of sp³-hybridized carbons (Fsp3) is 1.00. The highest BCUT2D eigenvalue weighted by molar-refractivity contribution is 8.00. The molecule has 0 aromatic carbocycles. The van der Waals surface area contributed by atoms with Crippen LogP contribution < -0.4 is 0 Å². The molecule has 0 amide bonds. The van der Waals surface area contributed by atoms with Crippen molar-refractivity contribution in [2.75, 3.05) is 17.3 Å². The van der Waals surface area contributed by atoms with E-state index in [4.69, 9.17) is 25.3 Å². The second-order valence-corrected chi connectivity index (χ2v) is 16.8. The minimum absolute atomic E-state index is 0.631. The quantitative estimate of drug-likeness (QED) is 0.263. The summed E-state index contributed by atoms with van der Waals surface area (Å²) in [6, 6.07) is 0. The van der Waals surface area contributed by atoms with Crippen LogP contribution in [0.3, 0.4) is 0 Å². The molecule has 0 aromatic heterocycles. The zero-order valence-electron chi connectivity index (χ0n) is 23.1. The Kier molecular flexibility index (Phi) is 12.8. The highest BCUT2D eigenvalue weighted by atomic mass is 32.2. The van der Waals surface area contributed by atoms with Crippen LogP contribution in [0.25, 0.3) is 0 Å². The maximum Gasteiger partial charge on any atom is 0.00755 e. The zero-order chi connectivity index (χ0) is 24.8. The molecule has 12 atom stereocenters. The molecule has 0 aliphatic heterocycles. The van der Waals surface area contributed by atoms with Crippen LogP contribution in [-0.4, -0.2) is 33.0 Å². The van der Waals surface area contributed by atoms with Crippen molar-refractivity contribution in [3.05, 3.63) is 0 Å². The van der Waals surface area contributed by atoms with E-state index < -0.39 is 0 Å². The highest BCUT2D eigenvalue weighted by Crippen LogP contribution is 2.43. The Morgan fingerprint density at radius 2 is 1.00 bits per heavy atom. The Balaban J connectivity index is 1.37. The molecule has 0 radical (unpaired) electrons. The molecule has 4 heteroatoms. The predicted octanol–water partition coefficient (Wildman–Crippen LogP) is 9.64. The number of hydrogen-bond acceptors (Lipinski definition) is 4. The first-order valence-corrected chi connectivity index (χ1v) is 17.9. The molecule has 0 spiro atoms. The molecule has 0 bridgehead atoms. The van der Waals surface area contributed by atoms with E-state index in [9.17, 15) is 0 Å². The Morgan fingerprint density at radius 1 is 0.588 bits per heavy atom. The summed E-state index contributed by atoms with van der Waals surface area (Å²) >= 11 is 14.4. The van der Waals surface area contributed by atoms with E-state index in [1.165, 1.54) is 75.0 Å². The van der Waals surface area contributed by atoms with Gasteiger partial charge in [-0.2, -0.15) is 48.8 Å². The van der Waals surface area contributed by atoms with Gasteiger partial charge in [0.25, 0.3) is 0 Å². The first-order chi connectivity index (χ1) is 16.2. The second-order valence-electron chi connectivity index (χ2n) is 13.1. The van der Waals surface area contributed by atoms with Crippen molar-refractivity contribution in [2.45, 2.75) is 115 Å². The summed E-state index contributed by atoms with van der Waals surface area (Å²) in [5, 5.41) is 2.15. The van der Waals surface area contributed by atoms with Crippen molar-refractivity contribution >= 4 is 48.8 Å². The van der Waals surface area contributed by atoms with Gasteiger partial charge in [0.2, 0.25) is 0 Å². The van der Waals surface area contributed by atoms with E-state index in [-0.39, 0.29) is 0 Å². The van der Waals surface area contributed by atoms with Gasteiger partial charge < -0.3 is 0 Å². The molecule has 0 aromatic rings. The average molecular weight is 545 g/mol. The van der Waals surface area contributed by atoms with Crippen LogP contribution in [0.4, 0.5) is 0 Å². The topological polar surface area (TPSA) is 0 Å². The lowest BCUT2D eigenvalue weighted by Crippen LogP contribution is -2.32. The average Bonchev–Trinajstić information content (AvgIpc) is 2.81. The summed E-state index contributed by atoms with van der Waals surface area (Å²) in [6.45, 7) is 14.9. The van der Waals surface area contributed by atoms with Gasteiger partial charge in [-0.05, 0) is 128 Å². The SMILES string of the molecule is CC1CCC(C(C)CSCC(C)C2CCC(C)C(SCC(C)C3CCC(C)C(S)C3)C2)CC1S. The van der Waals surface area contributed by atoms with Crippen molar-refractivity contribution in [3.63, 3.8) is 0 Å². The van der Waals surface area contributed by atoms with E-state index in [1.807, 2.05) is 0 Å². The van der Waals surface area contributed by atoms with Gasteiger partial charge in [0.1, 0.15) is 0 Å². The monoisotopic (exact) mass is 544 g/mol. The number of rotatable bonds is 10. The molecule has 0 N–H and O–H groups in total. The van der Waals surface area contributed by atoms with Gasteiger partial charge in [-0.1, -0.05) is 41.5 Å². The maximum atomic E-state index is 4.89. The summed E-state index contributed by atoms with van der Waals surface area (Å²) < 4.78 is 0. The van der Waals surface area contributed by atoms with Gasteiger partial charge in [-0.15, -0.1) is 0 Å². The standard InChI is InChI=1S/C30H56S4/c1-19-7-10-25(13-28(19)31)22(4)16-33-17-23(5)27-12-9-21(3)30(15-27)34-18-24(6)26-11-8-20(2)29(32)14-26/h19-32H,7-18H2,1-6H3. The molecule has 3 saturated carbocycles. The van der Waals surface area contributed by atoms with Crippen molar-refractivity contribution in [1.82, 2.24) is 0 Å². The summed E-state index contributed by atoms with van der Waals surface area (Å²) in [7, 11) is 0. The molecular weight excluding hydrogens is 489 g/mol. The van der Waals surface area contributed by atoms with Gasteiger partial charge in [0.05, 0.1) is 0 Å². The van der Waals surface area contributed by atoms with Crippen molar-refractivity contribution in [1.29, 1.82) is 0 Å². The first-order valence-electron chi connectivity index (χ1n) is 14.7. The Bertz CT molecular complexity index is 582. The third-order valence-corrected chi connectivity index (χ3v) is 15.1. The van der Waals surface area contributed by atoms with E-state index in [1.54, 1.807) is 0 Å². The molecule has 12 unspecified atom stereocenters. The maximum absolute atomic E-state index is 4.89. The van der Waals surface area contributed by atoms with Crippen LogP contribution in [0.5, 0.6) is 0 Å². The van der Waals surface area contributed by atoms with E-state index in [0.29, 0.717) is 10.5 Å². The van der Waals surface area contributed by atoms with Crippen molar-refractivity contribution < 1.29 is 0 Å². The molecule has 0 saturated heterocycles. The molecule has 200 valence electrons. The molecule has 3 fully saturated rings. The smallest absolute Gasteiger partial charge is 0.00755 e. The van der Waals surface area contributed by atoms with Gasteiger partial charge in [0, 0.05) is 15.7 Å². The van der Waals surface area contributed by atoms with E-state index in [2.05, 4.69) is 65.1 Å². The van der Waals surface area contributed by atoms with Crippen molar-refractivity contribution in [2.24, 2.45) is 53.3 Å². The first kappa shape index (κ1) is 29.9. The Labute approximate surface area is 233 Å². The van der Waals surface area contributed by atoms with Crippen LogP contribution in [0, 0.1) is 53.3 Å². The van der Waals surface area contributed by atoms with Crippen LogP contribution in [0.2, 0.25) is 0 Å². The molecule has 3 aliphatic rings. The number of hydrogen-bond donors (Lipinski definition) is 2. The minimum Gasteiger partial charge on any atom is -0.176 e. The van der Waals surface area contributed by atoms with Crippen LogP contribution in [0.15, 0.2) is 0 Å². The molecule has 0 nitrogen and oxygen atoms in total. The fourth-order valence-electron chi connectivity index (χ4n) is 6.88. The van der Waals surface area contributed by atoms with E-state index >= 15 is 0 Å². The third-order valence-electron chi connectivity index (χ3n) is 10.3. The van der Waals surface area contributed by atoms with Gasteiger partial charge in [0.15, 0.2) is 0 Å². The molecule has 3 rings (SSSR count). The van der Waals surface area contributed by atoms with Gasteiger partial charge >= 0.3 is 0 Å². The second kappa shape index (κ2) is 14.5. The minimum atomic E-state index is 0.631. The third kappa shape index (κ3) is 8.72. The lowest BCUT2D eigenvalue weighted by Gasteiger charge is -2.39. The van der Waals surface area contributed by atoms with Gasteiger partial charge in [-0.3, -0.25) is 0 Å². The zero-order valence-corrected chi connectivity index (χ0v) is 26.5. The largest absolute Gasteiger partial charge is 0.176 e. The Morgan fingerprint density at radius 3 is 1.47 bits per heavy atom. The van der Waals surface area contributed by atoms with E-state index in [0.717, 1.165) is 58.5 Å². The number of thioether (sulfide) groups is 2. The normalized spacial score (nSPS) is 42.2. The predicted molar refractivity (Wildman–Crippen MR) is 166 cm³/mol. The molecule has 0 heterocycles. The summed E-state index contributed by atoms with van der Waals surface area (Å²) in [4.78, 5) is 0. The number of thiol groups is 2. The summed E-state index contributed by atoms with van der Waals surface area (Å²) in [6.07, 6.45) is 12.7. The van der Waals surface area contributed by atoms with Crippen LogP contribution >= 0.6 is 48.8 Å². The summed E-state index contributed by atoms with van der Waals surface area (Å²) in [5.41, 5.74) is 0. The van der Waals surface area contributed by atoms with Crippen molar-refractivity contribution in [3.8, 4) is 0 Å². The lowest BCUT2D eigenvalue weighted by molar-refractivity contribution is 0.238. The molecular formula is C30H56S4. The van der Waals surface area contributed by atoms with Crippen LogP contribution in [-0.2, 0) is 0 Å². The highest BCUT2D eigenvalue weighted by Gasteiger charge is 2.34. The van der Waals surface area contributed by atoms with Gasteiger partial charge in [-0.25, -0.2) is 0 Å². The van der Waals surface area contributed by atoms with Crippen LogP contribution in [0.1, 0.15) is 99.3 Å². The Hall–Kier alpha value is 1.40.